The second-order valence-corrected chi connectivity index (χ2v) is 4.37. The molecule has 2 rings (SSSR count). The first kappa shape index (κ1) is 8.94. The van der Waals surface area contributed by atoms with Crippen molar-refractivity contribution < 1.29 is 0 Å². The highest BCUT2D eigenvalue weighted by molar-refractivity contribution is 9.10. The molecule has 1 heterocycles. The number of halogens is 1. The zero-order valence-electron chi connectivity index (χ0n) is 7.46. The van der Waals surface area contributed by atoms with Crippen LogP contribution in [-0.4, -0.2) is 9.55 Å². The second kappa shape index (κ2) is 3.25. The molecule has 0 atom stereocenters. The number of hydrogen-bond acceptors (Lipinski definition) is 2. The van der Waals surface area contributed by atoms with E-state index in [0.717, 1.165) is 12.4 Å². The monoisotopic (exact) mass is 242 g/mol. The summed E-state index contributed by atoms with van der Waals surface area (Å²) in [4.78, 5) is 15.8. The van der Waals surface area contributed by atoms with E-state index < -0.39 is 0 Å². The zero-order chi connectivity index (χ0) is 9.42. The molecular weight excluding hydrogens is 232 g/mol. The lowest BCUT2D eigenvalue weighted by molar-refractivity contribution is 0.575. The van der Waals surface area contributed by atoms with Crippen LogP contribution in [0.3, 0.4) is 0 Å². The third-order valence-corrected chi connectivity index (χ3v) is 2.89. The van der Waals surface area contributed by atoms with Gasteiger partial charge < -0.3 is 0 Å². The summed E-state index contributed by atoms with van der Waals surface area (Å²) in [5.74, 6) is 1.51. The van der Waals surface area contributed by atoms with Gasteiger partial charge in [0.1, 0.15) is 10.3 Å². The van der Waals surface area contributed by atoms with Gasteiger partial charge in [0, 0.05) is 12.7 Å². The molecule has 1 fully saturated rings. The molecule has 0 radical (unpaired) electrons. The standard InChI is InChI=1S/C9H11BrN2O/c1-6-11-4-8(10)9(13)12(6)5-7-2-3-7/h4,7H,2-3,5H2,1H3. The molecule has 0 spiro atoms. The number of hydrogen-bond donors (Lipinski definition) is 0. The van der Waals surface area contributed by atoms with E-state index in [1.54, 1.807) is 10.8 Å². The van der Waals surface area contributed by atoms with E-state index in [9.17, 15) is 4.79 Å². The predicted molar refractivity (Wildman–Crippen MR) is 53.7 cm³/mol. The molecule has 0 aromatic carbocycles. The van der Waals surface area contributed by atoms with Gasteiger partial charge in [0.2, 0.25) is 0 Å². The van der Waals surface area contributed by atoms with Crippen LogP contribution in [0.2, 0.25) is 0 Å². The maximum Gasteiger partial charge on any atom is 0.267 e. The Labute approximate surface area is 84.9 Å². The quantitative estimate of drug-likeness (QED) is 0.792. The Morgan fingerprint density at radius 3 is 3.00 bits per heavy atom. The van der Waals surface area contributed by atoms with Crippen LogP contribution < -0.4 is 5.56 Å². The van der Waals surface area contributed by atoms with Gasteiger partial charge in [0.25, 0.3) is 5.56 Å². The van der Waals surface area contributed by atoms with Crippen molar-refractivity contribution in [3.63, 3.8) is 0 Å². The van der Waals surface area contributed by atoms with Crippen molar-refractivity contribution in [2.45, 2.75) is 26.3 Å². The molecule has 0 unspecified atom stereocenters. The Bertz CT molecular complexity index is 382. The minimum atomic E-state index is 0.0411. The number of aryl methyl sites for hydroxylation is 1. The number of rotatable bonds is 2. The molecule has 0 saturated heterocycles. The maximum absolute atomic E-state index is 11.6. The minimum absolute atomic E-state index is 0.0411. The molecular formula is C9H11BrN2O. The van der Waals surface area contributed by atoms with E-state index in [1.165, 1.54) is 12.8 Å². The van der Waals surface area contributed by atoms with Crippen molar-refractivity contribution in [1.82, 2.24) is 9.55 Å². The Morgan fingerprint density at radius 1 is 1.69 bits per heavy atom. The molecule has 1 aromatic heterocycles. The lowest BCUT2D eigenvalue weighted by atomic mass is 10.4. The Morgan fingerprint density at radius 2 is 2.38 bits per heavy atom. The molecule has 1 aliphatic carbocycles. The van der Waals surface area contributed by atoms with E-state index in [1.807, 2.05) is 6.92 Å². The van der Waals surface area contributed by atoms with Crippen molar-refractivity contribution in [3.05, 3.63) is 26.8 Å². The van der Waals surface area contributed by atoms with Gasteiger partial charge in [-0.2, -0.15) is 0 Å². The van der Waals surface area contributed by atoms with Crippen LogP contribution in [0, 0.1) is 12.8 Å². The van der Waals surface area contributed by atoms with Gasteiger partial charge in [0.05, 0.1) is 0 Å². The summed E-state index contributed by atoms with van der Waals surface area (Å²) in [5.41, 5.74) is 0.0411. The van der Waals surface area contributed by atoms with Gasteiger partial charge in [-0.15, -0.1) is 0 Å². The molecule has 1 aromatic rings. The second-order valence-electron chi connectivity index (χ2n) is 3.51. The van der Waals surface area contributed by atoms with E-state index in [4.69, 9.17) is 0 Å². The number of aromatic nitrogens is 2. The Balaban J connectivity index is 2.40. The summed E-state index contributed by atoms with van der Waals surface area (Å²) in [7, 11) is 0. The molecule has 0 N–H and O–H groups in total. The molecule has 13 heavy (non-hydrogen) atoms. The Kier molecular flexibility index (Phi) is 2.24. The third kappa shape index (κ3) is 1.82. The fourth-order valence-electron chi connectivity index (χ4n) is 1.32. The van der Waals surface area contributed by atoms with E-state index in [0.29, 0.717) is 10.4 Å². The first-order chi connectivity index (χ1) is 6.18. The molecule has 0 bridgehead atoms. The van der Waals surface area contributed by atoms with Gasteiger partial charge in [-0.3, -0.25) is 9.36 Å². The fourth-order valence-corrected chi connectivity index (χ4v) is 1.64. The molecule has 0 amide bonds. The van der Waals surface area contributed by atoms with Crippen LogP contribution in [0.5, 0.6) is 0 Å². The summed E-state index contributed by atoms with van der Waals surface area (Å²) in [6.07, 6.45) is 4.07. The molecule has 3 nitrogen and oxygen atoms in total. The first-order valence-electron chi connectivity index (χ1n) is 4.40. The molecule has 1 aliphatic rings. The largest absolute Gasteiger partial charge is 0.296 e. The normalized spacial score (nSPS) is 16.2. The predicted octanol–water partition coefficient (Wildman–Crippen LogP) is 1.72. The fraction of sp³-hybridized carbons (Fsp3) is 0.556. The van der Waals surface area contributed by atoms with Crippen molar-refractivity contribution >= 4 is 15.9 Å². The third-order valence-electron chi connectivity index (χ3n) is 2.34. The lowest BCUT2D eigenvalue weighted by Gasteiger charge is -2.07. The van der Waals surface area contributed by atoms with Crippen molar-refractivity contribution in [2.75, 3.05) is 0 Å². The highest BCUT2D eigenvalue weighted by Gasteiger charge is 2.23. The van der Waals surface area contributed by atoms with Crippen LogP contribution in [0.15, 0.2) is 15.5 Å². The van der Waals surface area contributed by atoms with E-state index in [-0.39, 0.29) is 5.56 Å². The van der Waals surface area contributed by atoms with Crippen LogP contribution in [0.25, 0.3) is 0 Å². The maximum atomic E-state index is 11.6. The highest BCUT2D eigenvalue weighted by Crippen LogP contribution is 2.30. The summed E-state index contributed by atoms with van der Waals surface area (Å²) in [6, 6.07) is 0. The topological polar surface area (TPSA) is 34.9 Å². The van der Waals surface area contributed by atoms with Crippen LogP contribution in [0.1, 0.15) is 18.7 Å². The van der Waals surface area contributed by atoms with Gasteiger partial charge in [-0.25, -0.2) is 4.98 Å². The summed E-state index contributed by atoms with van der Waals surface area (Å²) >= 11 is 3.19. The highest BCUT2D eigenvalue weighted by atomic mass is 79.9. The molecule has 1 saturated carbocycles. The van der Waals surface area contributed by atoms with E-state index in [2.05, 4.69) is 20.9 Å². The van der Waals surface area contributed by atoms with Gasteiger partial charge in [-0.1, -0.05) is 0 Å². The zero-order valence-corrected chi connectivity index (χ0v) is 9.04. The average molecular weight is 243 g/mol. The minimum Gasteiger partial charge on any atom is -0.296 e. The first-order valence-corrected chi connectivity index (χ1v) is 5.19. The smallest absolute Gasteiger partial charge is 0.267 e. The Hall–Kier alpha value is -0.640. The lowest BCUT2D eigenvalue weighted by Crippen LogP contribution is -2.24. The van der Waals surface area contributed by atoms with E-state index >= 15 is 0 Å². The van der Waals surface area contributed by atoms with Crippen molar-refractivity contribution in [1.29, 1.82) is 0 Å². The molecule has 0 aliphatic heterocycles. The summed E-state index contributed by atoms with van der Waals surface area (Å²) in [6.45, 7) is 2.70. The summed E-state index contributed by atoms with van der Waals surface area (Å²) in [5, 5.41) is 0. The van der Waals surface area contributed by atoms with Gasteiger partial charge in [-0.05, 0) is 41.6 Å². The number of nitrogens with zero attached hydrogens (tertiary/aromatic N) is 2. The van der Waals surface area contributed by atoms with Crippen LogP contribution in [-0.2, 0) is 6.54 Å². The average Bonchev–Trinajstić information content (AvgIpc) is 2.89. The van der Waals surface area contributed by atoms with Crippen molar-refractivity contribution in [3.8, 4) is 0 Å². The van der Waals surface area contributed by atoms with Crippen LogP contribution >= 0.6 is 15.9 Å². The van der Waals surface area contributed by atoms with Crippen LogP contribution in [0.4, 0.5) is 0 Å². The van der Waals surface area contributed by atoms with Gasteiger partial charge in [0.15, 0.2) is 0 Å². The summed E-state index contributed by atoms with van der Waals surface area (Å²) < 4.78 is 2.31. The SMILES string of the molecule is Cc1ncc(Br)c(=O)n1CC1CC1. The van der Waals surface area contributed by atoms with Crippen molar-refractivity contribution in [2.24, 2.45) is 5.92 Å². The molecule has 70 valence electrons. The van der Waals surface area contributed by atoms with Gasteiger partial charge >= 0.3 is 0 Å². The molecule has 4 heteroatoms.